The minimum atomic E-state index is 0.428. The molecule has 0 aliphatic carbocycles. The number of hydrogen-bond donors (Lipinski definition) is 0. The quantitative estimate of drug-likeness (QED) is 0.115. The second-order valence-electron chi connectivity index (χ2n) is 11.0. The van der Waals surface area contributed by atoms with Crippen molar-refractivity contribution in [3.63, 3.8) is 0 Å². The molecule has 9 aromatic rings. The van der Waals surface area contributed by atoms with Crippen molar-refractivity contribution in [1.29, 1.82) is 0 Å². The van der Waals surface area contributed by atoms with Crippen LogP contribution in [0.2, 0.25) is 0 Å². The van der Waals surface area contributed by atoms with Crippen LogP contribution in [-0.4, -0.2) is 17.1 Å². The standard InChI is InChI=1S/C39H25N3S/c1-40-39(25-19-21-35-32(22-25)29-14-8-9-17-34(29)43-35)41-23-42-33-20-18-24-10-2-3-11-26(24)36(33)37-30-15-6-4-12-27(30)28-13-5-7-16-31(28)38(37)42/h2-22H,1,23H2/b41-39-. The third-order valence-electron chi connectivity index (χ3n) is 8.77. The Balaban J connectivity index is 1.34. The van der Waals surface area contributed by atoms with Gasteiger partial charge in [-0.2, -0.15) is 0 Å². The number of amidine groups is 1. The van der Waals surface area contributed by atoms with Gasteiger partial charge in [0.05, 0.1) is 11.0 Å². The second-order valence-corrected chi connectivity index (χ2v) is 12.1. The van der Waals surface area contributed by atoms with Crippen molar-refractivity contribution in [2.45, 2.75) is 6.67 Å². The van der Waals surface area contributed by atoms with Gasteiger partial charge >= 0.3 is 0 Å². The van der Waals surface area contributed by atoms with Gasteiger partial charge in [0.25, 0.3) is 0 Å². The van der Waals surface area contributed by atoms with E-state index in [9.17, 15) is 0 Å². The van der Waals surface area contributed by atoms with Crippen molar-refractivity contribution in [1.82, 2.24) is 4.57 Å². The number of aromatic nitrogens is 1. The fourth-order valence-corrected chi connectivity index (χ4v) is 7.99. The number of rotatable bonds is 3. The number of benzene rings is 7. The molecule has 0 aliphatic heterocycles. The van der Waals surface area contributed by atoms with Gasteiger partial charge in [0.15, 0.2) is 5.84 Å². The zero-order valence-corrected chi connectivity index (χ0v) is 24.1. The van der Waals surface area contributed by atoms with E-state index in [0.717, 1.165) is 5.56 Å². The summed E-state index contributed by atoms with van der Waals surface area (Å²) in [4.78, 5) is 9.59. The van der Waals surface area contributed by atoms with Gasteiger partial charge < -0.3 is 4.57 Å². The molecule has 3 nitrogen and oxygen atoms in total. The molecule has 0 amide bonds. The van der Waals surface area contributed by atoms with E-state index in [-0.39, 0.29) is 0 Å². The summed E-state index contributed by atoms with van der Waals surface area (Å²) < 4.78 is 4.92. The molecule has 0 aliphatic rings. The van der Waals surface area contributed by atoms with Crippen LogP contribution in [0.5, 0.6) is 0 Å². The smallest absolute Gasteiger partial charge is 0.155 e. The van der Waals surface area contributed by atoms with E-state index in [2.05, 4.69) is 144 Å². The number of thiophene rings is 1. The third-order valence-corrected chi connectivity index (χ3v) is 9.92. The van der Waals surface area contributed by atoms with Crippen LogP contribution in [0.25, 0.3) is 74.3 Å². The molecule has 0 fully saturated rings. The lowest BCUT2D eigenvalue weighted by Crippen LogP contribution is -2.02. The van der Waals surface area contributed by atoms with Gasteiger partial charge in [-0.25, -0.2) is 9.98 Å². The summed E-state index contributed by atoms with van der Waals surface area (Å²) in [5.41, 5.74) is 3.35. The SMILES string of the molecule is C=N/C(=N\Cn1c2ccc3ccccc3c2c2c3ccccc3c3ccccc3c21)c1ccc2sc3ccccc3c2c1. The zero-order chi connectivity index (χ0) is 28.5. The topological polar surface area (TPSA) is 29.6 Å². The maximum atomic E-state index is 5.15. The van der Waals surface area contributed by atoms with Gasteiger partial charge in [-0.3, -0.25) is 0 Å². The second kappa shape index (κ2) is 9.35. The zero-order valence-electron chi connectivity index (χ0n) is 23.3. The molecule has 9 rings (SSSR count). The molecule has 0 spiro atoms. The molecule has 0 N–H and O–H groups in total. The summed E-state index contributed by atoms with van der Waals surface area (Å²) in [5, 5.41) is 12.5. The van der Waals surface area contributed by atoms with Crippen LogP contribution >= 0.6 is 11.3 Å². The summed E-state index contributed by atoms with van der Waals surface area (Å²) >= 11 is 1.82. The Kier molecular flexibility index (Phi) is 5.28. The van der Waals surface area contributed by atoms with Gasteiger partial charge in [0.2, 0.25) is 0 Å². The molecule has 0 atom stereocenters. The number of fused-ring (bicyclic) bond motifs is 13. The molecule has 43 heavy (non-hydrogen) atoms. The highest BCUT2D eigenvalue weighted by molar-refractivity contribution is 7.25. The molecule has 0 saturated carbocycles. The molecule has 0 saturated heterocycles. The van der Waals surface area contributed by atoms with Crippen molar-refractivity contribution >= 4 is 98.2 Å². The predicted octanol–water partition coefficient (Wildman–Crippen LogP) is 10.7. The molecular formula is C39H25N3S. The number of hydrogen-bond acceptors (Lipinski definition) is 2. The van der Waals surface area contributed by atoms with Crippen molar-refractivity contribution in [3.8, 4) is 0 Å². The molecule has 4 heteroatoms. The van der Waals surface area contributed by atoms with Crippen molar-refractivity contribution in [2.75, 3.05) is 0 Å². The lowest BCUT2D eigenvalue weighted by atomic mass is 9.95. The monoisotopic (exact) mass is 567 g/mol. The van der Waals surface area contributed by atoms with Gasteiger partial charge in [0.1, 0.15) is 6.67 Å². The largest absolute Gasteiger partial charge is 0.320 e. The molecular weight excluding hydrogens is 543 g/mol. The highest BCUT2D eigenvalue weighted by Crippen LogP contribution is 2.43. The van der Waals surface area contributed by atoms with E-state index >= 15 is 0 Å². The fraction of sp³-hybridized carbons (Fsp3) is 0.0256. The van der Waals surface area contributed by atoms with Gasteiger partial charge in [0, 0.05) is 41.9 Å². The number of aliphatic imine (C=N–C) groups is 2. The van der Waals surface area contributed by atoms with Crippen LogP contribution in [0.1, 0.15) is 5.56 Å². The van der Waals surface area contributed by atoms with E-state index < -0.39 is 0 Å². The van der Waals surface area contributed by atoms with Crippen LogP contribution in [0.4, 0.5) is 0 Å². The highest BCUT2D eigenvalue weighted by atomic mass is 32.1. The van der Waals surface area contributed by atoms with Crippen molar-refractivity contribution < 1.29 is 0 Å². The predicted molar refractivity (Wildman–Crippen MR) is 187 cm³/mol. The van der Waals surface area contributed by atoms with E-state index in [4.69, 9.17) is 4.99 Å². The molecule has 2 heterocycles. The van der Waals surface area contributed by atoms with E-state index in [0.29, 0.717) is 12.5 Å². The van der Waals surface area contributed by atoms with Crippen LogP contribution in [0.15, 0.2) is 137 Å². The Morgan fingerprint density at radius 2 is 1.23 bits per heavy atom. The van der Waals surface area contributed by atoms with E-state index in [1.165, 1.54) is 74.3 Å². The normalized spacial score (nSPS) is 12.5. The van der Waals surface area contributed by atoms with E-state index in [1.54, 1.807) is 0 Å². The molecule has 2 aromatic heterocycles. The molecule has 202 valence electrons. The minimum Gasteiger partial charge on any atom is -0.320 e. The maximum Gasteiger partial charge on any atom is 0.155 e. The number of nitrogens with zero attached hydrogens (tertiary/aromatic N) is 3. The molecule has 0 radical (unpaired) electrons. The van der Waals surface area contributed by atoms with Crippen LogP contribution in [0.3, 0.4) is 0 Å². The minimum absolute atomic E-state index is 0.428. The lowest BCUT2D eigenvalue weighted by Gasteiger charge is -2.11. The molecule has 0 bridgehead atoms. The van der Waals surface area contributed by atoms with Gasteiger partial charge in [-0.05, 0) is 64.0 Å². The molecule has 0 unspecified atom stereocenters. The summed E-state index contributed by atoms with van der Waals surface area (Å²) in [7, 11) is 0. The van der Waals surface area contributed by atoms with Crippen molar-refractivity contribution in [3.05, 3.63) is 133 Å². The first-order valence-electron chi connectivity index (χ1n) is 14.5. The Morgan fingerprint density at radius 1 is 0.581 bits per heavy atom. The Morgan fingerprint density at radius 3 is 2.05 bits per heavy atom. The van der Waals surface area contributed by atoms with E-state index in [1.807, 2.05) is 11.3 Å². The first kappa shape index (κ1) is 24.3. The third kappa shape index (κ3) is 3.54. The lowest BCUT2D eigenvalue weighted by molar-refractivity contribution is 0.794. The average molecular weight is 568 g/mol. The molecule has 7 aromatic carbocycles. The fourth-order valence-electron chi connectivity index (χ4n) is 6.91. The summed E-state index contributed by atoms with van der Waals surface area (Å²) in [6, 6.07) is 45.8. The summed E-state index contributed by atoms with van der Waals surface area (Å²) in [5.74, 6) is 0.651. The van der Waals surface area contributed by atoms with Gasteiger partial charge in [-0.1, -0.05) is 97.1 Å². The highest BCUT2D eigenvalue weighted by Gasteiger charge is 2.19. The van der Waals surface area contributed by atoms with Gasteiger partial charge in [-0.15, -0.1) is 11.3 Å². The average Bonchev–Trinajstić information content (AvgIpc) is 3.61. The van der Waals surface area contributed by atoms with Crippen LogP contribution in [-0.2, 0) is 6.67 Å². The maximum absolute atomic E-state index is 5.15. The first-order chi connectivity index (χ1) is 21.3. The summed E-state index contributed by atoms with van der Waals surface area (Å²) in [6.45, 7) is 4.36. The summed E-state index contributed by atoms with van der Waals surface area (Å²) in [6.07, 6.45) is 0. The van der Waals surface area contributed by atoms with Crippen LogP contribution < -0.4 is 0 Å². The Bertz CT molecular complexity index is 2620. The first-order valence-corrected chi connectivity index (χ1v) is 15.3. The Labute approximate surface area is 251 Å². The Hall–Kier alpha value is -5.32. The van der Waals surface area contributed by atoms with Crippen molar-refractivity contribution in [2.24, 2.45) is 9.98 Å². The van der Waals surface area contributed by atoms with Crippen LogP contribution in [0, 0.1) is 0 Å².